The Hall–Kier alpha value is -1.77. The number of ether oxygens (including phenoxy) is 1. The summed E-state index contributed by atoms with van der Waals surface area (Å²) in [6.07, 6.45) is -0.295. The van der Waals surface area contributed by atoms with E-state index in [1.165, 1.54) is 0 Å². The molecule has 15 heavy (non-hydrogen) atoms. The zero-order valence-corrected chi connectivity index (χ0v) is 8.69. The Balaban J connectivity index is 2.37. The van der Waals surface area contributed by atoms with E-state index in [-0.39, 0.29) is 6.09 Å². The van der Waals surface area contributed by atoms with Crippen LogP contribution in [0.1, 0.15) is 12.5 Å². The number of amides is 1. The van der Waals surface area contributed by atoms with Crippen molar-refractivity contribution in [2.45, 2.75) is 13.5 Å². The molecule has 3 heteroatoms. The average Bonchev–Trinajstić information content (AvgIpc) is 2.22. The summed E-state index contributed by atoms with van der Waals surface area (Å²) in [7, 11) is 0. The topological polar surface area (TPSA) is 29.5 Å². The van der Waals surface area contributed by atoms with Gasteiger partial charge in [0.15, 0.2) is 0 Å². The first-order chi connectivity index (χ1) is 7.18. The monoisotopic (exact) mass is 203 g/mol. The molecular formula is C12H13NO2. The van der Waals surface area contributed by atoms with Gasteiger partial charge in [-0.05, 0) is 13.0 Å². The van der Waals surface area contributed by atoms with Crippen molar-refractivity contribution < 1.29 is 9.53 Å². The van der Waals surface area contributed by atoms with Gasteiger partial charge in [0.2, 0.25) is 0 Å². The third-order valence-corrected chi connectivity index (χ3v) is 2.28. The number of hydrogen-bond acceptors (Lipinski definition) is 2. The van der Waals surface area contributed by atoms with Crippen molar-refractivity contribution in [2.24, 2.45) is 0 Å². The van der Waals surface area contributed by atoms with E-state index in [1.54, 1.807) is 4.90 Å². The van der Waals surface area contributed by atoms with Crippen LogP contribution in [0.15, 0.2) is 36.4 Å². The molecule has 3 nitrogen and oxygen atoms in total. The highest BCUT2D eigenvalue weighted by Crippen LogP contribution is 2.26. The van der Waals surface area contributed by atoms with Crippen LogP contribution in [0.2, 0.25) is 0 Å². The standard InChI is InChI=1S/C12H13NO2/c1-9(2)7-13-11-6-4-3-5-10(11)8-15-12(13)14/h3-6H,1,7-8H2,2H3. The van der Waals surface area contributed by atoms with Gasteiger partial charge < -0.3 is 4.74 Å². The second kappa shape index (κ2) is 3.77. The minimum atomic E-state index is -0.295. The lowest BCUT2D eigenvalue weighted by molar-refractivity contribution is 0.142. The van der Waals surface area contributed by atoms with Gasteiger partial charge >= 0.3 is 6.09 Å². The second-order valence-corrected chi connectivity index (χ2v) is 3.73. The Kier molecular flexibility index (Phi) is 2.46. The van der Waals surface area contributed by atoms with Gasteiger partial charge in [0.1, 0.15) is 6.61 Å². The summed E-state index contributed by atoms with van der Waals surface area (Å²) >= 11 is 0. The van der Waals surface area contributed by atoms with Crippen molar-refractivity contribution >= 4 is 11.8 Å². The number of nitrogens with zero attached hydrogens (tertiary/aromatic N) is 1. The molecule has 1 aliphatic heterocycles. The van der Waals surface area contributed by atoms with Gasteiger partial charge in [-0.25, -0.2) is 4.79 Å². The van der Waals surface area contributed by atoms with Crippen molar-refractivity contribution in [3.63, 3.8) is 0 Å². The molecule has 0 fully saturated rings. The first-order valence-corrected chi connectivity index (χ1v) is 4.85. The molecule has 0 bridgehead atoms. The lowest BCUT2D eigenvalue weighted by Gasteiger charge is -2.28. The zero-order valence-electron chi connectivity index (χ0n) is 8.69. The van der Waals surface area contributed by atoms with Crippen LogP contribution in [0, 0.1) is 0 Å². The third kappa shape index (κ3) is 1.86. The van der Waals surface area contributed by atoms with Crippen LogP contribution >= 0.6 is 0 Å². The number of cyclic esters (lactones) is 1. The number of carbonyl (C=O) groups excluding carboxylic acids is 1. The fourth-order valence-electron chi connectivity index (χ4n) is 1.63. The van der Waals surface area contributed by atoms with E-state index in [2.05, 4.69) is 6.58 Å². The molecule has 0 atom stereocenters. The van der Waals surface area contributed by atoms with Crippen molar-refractivity contribution in [1.29, 1.82) is 0 Å². The van der Waals surface area contributed by atoms with E-state index in [0.29, 0.717) is 13.2 Å². The predicted molar refractivity (Wildman–Crippen MR) is 58.8 cm³/mol. The van der Waals surface area contributed by atoms with Gasteiger partial charge in [-0.1, -0.05) is 30.4 Å². The summed E-state index contributed by atoms with van der Waals surface area (Å²) in [4.78, 5) is 13.2. The smallest absolute Gasteiger partial charge is 0.414 e. The number of carbonyl (C=O) groups is 1. The largest absolute Gasteiger partial charge is 0.444 e. The van der Waals surface area contributed by atoms with Crippen LogP contribution in [0.5, 0.6) is 0 Å². The molecule has 0 unspecified atom stereocenters. The maximum Gasteiger partial charge on any atom is 0.414 e. The van der Waals surface area contributed by atoms with Gasteiger partial charge in [0, 0.05) is 12.1 Å². The molecule has 0 spiro atoms. The molecule has 1 aromatic carbocycles. The fraction of sp³-hybridized carbons (Fsp3) is 0.250. The van der Waals surface area contributed by atoms with Crippen LogP contribution in [-0.4, -0.2) is 12.6 Å². The maximum absolute atomic E-state index is 11.6. The Morgan fingerprint density at radius 3 is 3.00 bits per heavy atom. The van der Waals surface area contributed by atoms with Crippen molar-refractivity contribution in [2.75, 3.05) is 11.4 Å². The molecule has 0 aromatic heterocycles. The molecule has 1 aliphatic rings. The van der Waals surface area contributed by atoms with Crippen molar-refractivity contribution in [3.05, 3.63) is 42.0 Å². The Morgan fingerprint density at radius 1 is 1.53 bits per heavy atom. The number of fused-ring (bicyclic) bond motifs is 1. The lowest BCUT2D eigenvalue weighted by atomic mass is 10.1. The van der Waals surface area contributed by atoms with Crippen molar-refractivity contribution in [1.82, 2.24) is 0 Å². The average molecular weight is 203 g/mol. The van der Waals surface area contributed by atoms with E-state index < -0.39 is 0 Å². The highest BCUT2D eigenvalue weighted by atomic mass is 16.6. The summed E-state index contributed by atoms with van der Waals surface area (Å²) in [6.45, 7) is 6.57. The summed E-state index contributed by atoms with van der Waals surface area (Å²) in [5.74, 6) is 0. The Bertz CT molecular complexity index is 412. The molecule has 0 N–H and O–H groups in total. The Morgan fingerprint density at radius 2 is 2.27 bits per heavy atom. The van der Waals surface area contributed by atoms with Crippen LogP contribution < -0.4 is 4.90 Å². The summed E-state index contributed by atoms with van der Waals surface area (Å²) in [6, 6.07) is 7.76. The molecule has 0 saturated heterocycles. The van der Waals surface area contributed by atoms with E-state index in [1.807, 2.05) is 31.2 Å². The summed E-state index contributed by atoms with van der Waals surface area (Å²) in [5.41, 5.74) is 2.90. The first-order valence-electron chi connectivity index (χ1n) is 4.85. The van der Waals surface area contributed by atoms with E-state index >= 15 is 0 Å². The van der Waals surface area contributed by atoms with Crippen LogP contribution in [-0.2, 0) is 11.3 Å². The molecule has 0 aliphatic carbocycles. The van der Waals surface area contributed by atoms with E-state index in [9.17, 15) is 4.79 Å². The fourth-order valence-corrected chi connectivity index (χ4v) is 1.63. The number of anilines is 1. The molecule has 1 aromatic rings. The molecule has 0 saturated carbocycles. The maximum atomic E-state index is 11.6. The van der Waals surface area contributed by atoms with Crippen LogP contribution in [0.3, 0.4) is 0 Å². The van der Waals surface area contributed by atoms with Crippen molar-refractivity contribution in [3.8, 4) is 0 Å². The zero-order chi connectivity index (χ0) is 10.8. The van der Waals surface area contributed by atoms with Gasteiger partial charge in [0.25, 0.3) is 0 Å². The number of benzene rings is 1. The predicted octanol–water partition coefficient (Wildman–Crippen LogP) is 2.72. The minimum Gasteiger partial charge on any atom is -0.444 e. The minimum absolute atomic E-state index is 0.295. The highest BCUT2D eigenvalue weighted by molar-refractivity contribution is 5.90. The molecule has 2 rings (SSSR count). The second-order valence-electron chi connectivity index (χ2n) is 3.73. The molecule has 78 valence electrons. The highest BCUT2D eigenvalue weighted by Gasteiger charge is 2.24. The summed E-state index contributed by atoms with van der Waals surface area (Å²) < 4.78 is 5.06. The third-order valence-electron chi connectivity index (χ3n) is 2.28. The van der Waals surface area contributed by atoms with Gasteiger partial charge in [0.05, 0.1) is 5.69 Å². The van der Waals surface area contributed by atoms with Crippen LogP contribution in [0.25, 0.3) is 0 Å². The molecule has 0 radical (unpaired) electrons. The number of para-hydroxylation sites is 1. The number of hydrogen-bond donors (Lipinski definition) is 0. The summed E-state index contributed by atoms with van der Waals surface area (Å²) in [5, 5.41) is 0. The molecular weight excluding hydrogens is 190 g/mol. The van der Waals surface area contributed by atoms with Gasteiger partial charge in [-0.15, -0.1) is 0 Å². The lowest BCUT2D eigenvalue weighted by Crippen LogP contribution is -2.36. The Labute approximate surface area is 89.0 Å². The normalized spacial score (nSPS) is 14.5. The van der Waals surface area contributed by atoms with E-state index in [4.69, 9.17) is 4.74 Å². The molecule has 1 heterocycles. The van der Waals surface area contributed by atoms with E-state index in [0.717, 1.165) is 16.8 Å². The van der Waals surface area contributed by atoms with Gasteiger partial charge in [-0.3, -0.25) is 4.90 Å². The van der Waals surface area contributed by atoms with Gasteiger partial charge in [-0.2, -0.15) is 0 Å². The SMILES string of the molecule is C=C(C)CN1C(=O)OCc2ccccc21. The number of rotatable bonds is 2. The first kappa shape index (κ1) is 9.77. The van der Waals surface area contributed by atoms with Crippen LogP contribution in [0.4, 0.5) is 10.5 Å². The quantitative estimate of drug-likeness (QED) is 0.691. The molecule has 1 amide bonds.